The Morgan fingerprint density at radius 2 is 2.00 bits per heavy atom. The molecular formula is C18H13N3O4. The van der Waals surface area contributed by atoms with Crippen molar-refractivity contribution in [2.45, 2.75) is 0 Å². The average Bonchev–Trinajstić information content (AvgIpc) is 2.98. The van der Waals surface area contributed by atoms with E-state index in [0.717, 1.165) is 0 Å². The molecule has 3 rings (SSSR count). The molecule has 0 aliphatic rings. The number of hydrogen-bond donors (Lipinski definition) is 2. The summed E-state index contributed by atoms with van der Waals surface area (Å²) in [5.74, 6) is 0.0171. The van der Waals surface area contributed by atoms with Crippen LogP contribution in [-0.2, 0) is 0 Å². The Morgan fingerprint density at radius 1 is 1.24 bits per heavy atom. The monoisotopic (exact) mass is 335 g/mol. The molecule has 2 aromatic carbocycles. The van der Waals surface area contributed by atoms with Crippen molar-refractivity contribution >= 4 is 11.6 Å². The number of rotatable bonds is 4. The largest absolute Gasteiger partial charge is 0.504 e. The van der Waals surface area contributed by atoms with Crippen LogP contribution in [-0.4, -0.2) is 17.1 Å². The summed E-state index contributed by atoms with van der Waals surface area (Å²) < 4.78 is 5.65. The van der Waals surface area contributed by atoms with Crippen LogP contribution in [0.3, 0.4) is 0 Å². The maximum Gasteiger partial charge on any atom is 0.280 e. The predicted molar refractivity (Wildman–Crippen MR) is 92.2 cm³/mol. The number of nitrogens with zero attached hydrogens (tertiary/aromatic N) is 2. The summed E-state index contributed by atoms with van der Waals surface area (Å²) in [5, 5.41) is 33.8. The maximum absolute atomic E-state index is 11.3. The third kappa shape index (κ3) is 2.77. The average molecular weight is 335 g/mol. The molecule has 0 spiro atoms. The van der Waals surface area contributed by atoms with Crippen molar-refractivity contribution in [2.75, 3.05) is 12.4 Å². The second-order valence-electron chi connectivity index (χ2n) is 5.20. The van der Waals surface area contributed by atoms with Gasteiger partial charge in [-0.05, 0) is 23.8 Å². The van der Waals surface area contributed by atoms with Crippen LogP contribution < -0.4 is 5.32 Å². The van der Waals surface area contributed by atoms with Crippen LogP contribution >= 0.6 is 0 Å². The highest BCUT2D eigenvalue weighted by Gasteiger charge is 2.26. The smallest absolute Gasteiger partial charge is 0.280 e. The van der Waals surface area contributed by atoms with E-state index in [0.29, 0.717) is 16.7 Å². The van der Waals surface area contributed by atoms with E-state index in [2.05, 4.69) is 5.32 Å². The fraction of sp³-hybridized carbons (Fsp3) is 0.0556. The van der Waals surface area contributed by atoms with Crippen LogP contribution in [0, 0.1) is 21.4 Å². The van der Waals surface area contributed by atoms with E-state index in [1.54, 1.807) is 37.4 Å². The summed E-state index contributed by atoms with van der Waals surface area (Å²) in [5.41, 5.74) is 1.32. The van der Waals surface area contributed by atoms with Gasteiger partial charge < -0.3 is 14.8 Å². The van der Waals surface area contributed by atoms with E-state index in [4.69, 9.17) is 9.68 Å². The summed E-state index contributed by atoms with van der Waals surface area (Å²) in [7, 11) is 1.61. The standard InChI is InChI=1S/C18H13N3O4/c1-20-18-15(12-6-4-5-11(9-12)10-19)16(22)17(25-18)13-7-2-3-8-14(13)21(23)24/h2-9,20,22H,1H3. The fourth-order valence-corrected chi connectivity index (χ4v) is 2.62. The molecule has 7 nitrogen and oxygen atoms in total. The van der Waals surface area contributed by atoms with Gasteiger partial charge in [-0.25, -0.2) is 0 Å². The van der Waals surface area contributed by atoms with Crippen LogP contribution in [0.2, 0.25) is 0 Å². The van der Waals surface area contributed by atoms with Crippen molar-refractivity contribution in [1.29, 1.82) is 5.26 Å². The van der Waals surface area contributed by atoms with Gasteiger partial charge in [0.05, 0.1) is 27.7 Å². The molecule has 1 heterocycles. The molecule has 0 bridgehead atoms. The topological polar surface area (TPSA) is 112 Å². The van der Waals surface area contributed by atoms with E-state index < -0.39 is 4.92 Å². The van der Waals surface area contributed by atoms with Gasteiger partial charge in [0.15, 0.2) is 11.5 Å². The Bertz CT molecular complexity index is 1000. The first kappa shape index (κ1) is 16.1. The summed E-state index contributed by atoms with van der Waals surface area (Å²) >= 11 is 0. The van der Waals surface area contributed by atoms with Gasteiger partial charge in [-0.3, -0.25) is 10.1 Å². The molecule has 7 heteroatoms. The van der Waals surface area contributed by atoms with Gasteiger partial charge in [-0.1, -0.05) is 24.3 Å². The number of anilines is 1. The molecule has 1 aromatic heterocycles. The minimum Gasteiger partial charge on any atom is -0.504 e. The molecule has 0 unspecified atom stereocenters. The Hall–Kier alpha value is -3.79. The minimum absolute atomic E-state index is 0.00555. The zero-order valence-electron chi connectivity index (χ0n) is 13.2. The van der Waals surface area contributed by atoms with E-state index >= 15 is 0 Å². The first-order valence-electron chi connectivity index (χ1n) is 7.34. The molecule has 0 atom stereocenters. The zero-order chi connectivity index (χ0) is 18.0. The summed E-state index contributed by atoms with van der Waals surface area (Å²) in [6.45, 7) is 0. The van der Waals surface area contributed by atoms with Crippen LogP contribution in [0.5, 0.6) is 5.75 Å². The van der Waals surface area contributed by atoms with Crippen LogP contribution in [0.1, 0.15) is 5.56 Å². The number of hydrogen-bond acceptors (Lipinski definition) is 6. The Morgan fingerprint density at radius 3 is 2.68 bits per heavy atom. The second-order valence-corrected chi connectivity index (χ2v) is 5.20. The highest BCUT2D eigenvalue weighted by Crippen LogP contribution is 2.48. The number of para-hydroxylation sites is 1. The molecule has 3 aromatic rings. The van der Waals surface area contributed by atoms with E-state index in [1.165, 1.54) is 18.2 Å². The first-order valence-corrected chi connectivity index (χ1v) is 7.34. The number of nitro benzene ring substituents is 1. The Labute approximate surface area is 142 Å². The number of aromatic hydroxyl groups is 1. The quantitative estimate of drug-likeness (QED) is 0.547. The van der Waals surface area contributed by atoms with Gasteiger partial charge in [0, 0.05) is 13.1 Å². The Kier molecular flexibility index (Phi) is 4.10. The fourth-order valence-electron chi connectivity index (χ4n) is 2.62. The molecule has 0 radical (unpaired) electrons. The van der Waals surface area contributed by atoms with Gasteiger partial charge in [-0.15, -0.1) is 0 Å². The SMILES string of the molecule is CNc1oc(-c2ccccc2[N+](=O)[O-])c(O)c1-c1cccc(C#N)c1. The maximum atomic E-state index is 11.3. The molecule has 124 valence electrons. The van der Waals surface area contributed by atoms with Crippen molar-refractivity contribution in [1.82, 2.24) is 0 Å². The third-order valence-corrected chi connectivity index (χ3v) is 3.74. The summed E-state index contributed by atoms with van der Waals surface area (Å²) in [6.07, 6.45) is 0. The van der Waals surface area contributed by atoms with Gasteiger partial charge in [0.2, 0.25) is 5.88 Å². The van der Waals surface area contributed by atoms with Crippen molar-refractivity contribution < 1.29 is 14.4 Å². The number of nitriles is 1. The molecule has 0 aliphatic carbocycles. The lowest BCUT2D eigenvalue weighted by atomic mass is 10.0. The lowest BCUT2D eigenvalue weighted by Gasteiger charge is -2.03. The normalized spacial score (nSPS) is 10.2. The predicted octanol–water partition coefficient (Wildman–Crippen LogP) is 4.14. The van der Waals surface area contributed by atoms with Gasteiger partial charge in [0.1, 0.15) is 0 Å². The van der Waals surface area contributed by atoms with Gasteiger partial charge in [0.25, 0.3) is 5.69 Å². The number of nitro groups is 1. The van der Waals surface area contributed by atoms with E-state index in [1.807, 2.05) is 6.07 Å². The van der Waals surface area contributed by atoms with Crippen molar-refractivity contribution in [3.8, 4) is 34.3 Å². The van der Waals surface area contributed by atoms with Gasteiger partial charge >= 0.3 is 0 Å². The summed E-state index contributed by atoms with van der Waals surface area (Å²) in [6, 6.07) is 14.7. The molecule has 0 amide bonds. The summed E-state index contributed by atoms with van der Waals surface area (Å²) in [4.78, 5) is 10.7. The molecule has 0 saturated heterocycles. The lowest BCUT2D eigenvalue weighted by molar-refractivity contribution is -0.384. The van der Waals surface area contributed by atoms with Crippen molar-refractivity contribution in [3.05, 3.63) is 64.2 Å². The molecule has 2 N–H and O–H groups in total. The lowest BCUT2D eigenvalue weighted by Crippen LogP contribution is -1.90. The van der Waals surface area contributed by atoms with E-state index in [-0.39, 0.29) is 28.6 Å². The molecular weight excluding hydrogens is 322 g/mol. The first-order chi connectivity index (χ1) is 12.1. The van der Waals surface area contributed by atoms with Crippen LogP contribution in [0.15, 0.2) is 52.9 Å². The van der Waals surface area contributed by atoms with E-state index in [9.17, 15) is 15.2 Å². The molecule has 0 fully saturated rings. The van der Waals surface area contributed by atoms with Crippen LogP contribution in [0.4, 0.5) is 11.6 Å². The second kappa shape index (κ2) is 6.37. The molecule has 0 aliphatic heterocycles. The number of nitrogens with one attached hydrogen (secondary N) is 1. The third-order valence-electron chi connectivity index (χ3n) is 3.74. The van der Waals surface area contributed by atoms with Crippen molar-refractivity contribution in [2.24, 2.45) is 0 Å². The molecule has 0 saturated carbocycles. The highest BCUT2D eigenvalue weighted by molar-refractivity contribution is 5.89. The van der Waals surface area contributed by atoms with Gasteiger partial charge in [-0.2, -0.15) is 5.26 Å². The van der Waals surface area contributed by atoms with Crippen molar-refractivity contribution in [3.63, 3.8) is 0 Å². The number of benzene rings is 2. The molecule has 25 heavy (non-hydrogen) atoms. The zero-order valence-corrected chi connectivity index (χ0v) is 13.2. The highest BCUT2D eigenvalue weighted by atomic mass is 16.6. The number of furan rings is 1. The van der Waals surface area contributed by atoms with Crippen LogP contribution in [0.25, 0.3) is 22.5 Å². The Balaban J connectivity index is 2.25. The minimum atomic E-state index is -0.535.